The van der Waals surface area contributed by atoms with Crippen molar-refractivity contribution in [2.45, 2.75) is 0 Å². The lowest BCUT2D eigenvalue weighted by Gasteiger charge is -2.00. The van der Waals surface area contributed by atoms with Crippen molar-refractivity contribution in [3.63, 3.8) is 0 Å². The predicted octanol–water partition coefficient (Wildman–Crippen LogP) is 2.87. The molecular formula is C9H6ClFN2. The lowest BCUT2D eigenvalue weighted by molar-refractivity contribution is 0.632. The minimum atomic E-state index is -0.412. The highest BCUT2D eigenvalue weighted by molar-refractivity contribution is 6.31. The maximum absolute atomic E-state index is 13.4. The molecule has 1 N–H and O–H groups in total. The average Bonchev–Trinajstić information content (AvgIpc) is 2.62. The zero-order chi connectivity index (χ0) is 9.26. The van der Waals surface area contributed by atoms with Gasteiger partial charge in [0, 0.05) is 17.3 Å². The molecule has 0 aliphatic rings. The molecule has 0 amide bonds. The Morgan fingerprint density at radius 2 is 2.23 bits per heavy atom. The summed E-state index contributed by atoms with van der Waals surface area (Å²) in [6.45, 7) is 0. The number of aromatic amines is 1. The van der Waals surface area contributed by atoms with Gasteiger partial charge in [-0.15, -0.1) is 0 Å². The van der Waals surface area contributed by atoms with Crippen LogP contribution < -0.4 is 0 Å². The number of nitrogens with one attached hydrogen (secondary N) is 1. The third kappa shape index (κ3) is 1.42. The van der Waals surface area contributed by atoms with Gasteiger partial charge in [0.1, 0.15) is 5.82 Å². The van der Waals surface area contributed by atoms with E-state index in [1.54, 1.807) is 24.5 Å². The molecular weight excluding hydrogens is 191 g/mol. The summed E-state index contributed by atoms with van der Waals surface area (Å²) in [7, 11) is 0. The Labute approximate surface area is 79.4 Å². The highest BCUT2D eigenvalue weighted by Crippen LogP contribution is 2.26. The quantitative estimate of drug-likeness (QED) is 0.747. The zero-order valence-electron chi connectivity index (χ0n) is 6.59. The molecule has 0 atom stereocenters. The molecule has 0 aliphatic heterocycles. The van der Waals surface area contributed by atoms with Gasteiger partial charge < -0.3 is 0 Å². The Bertz CT molecular complexity index is 412. The number of nitrogens with zero attached hydrogens (tertiary/aromatic N) is 1. The number of H-pyrrole nitrogens is 1. The van der Waals surface area contributed by atoms with Crippen LogP contribution in [0.1, 0.15) is 0 Å². The second-order valence-electron chi connectivity index (χ2n) is 2.59. The predicted molar refractivity (Wildman–Crippen MR) is 49.0 cm³/mol. The number of halogens is 2. The van der Waals surface area contributed by atoms with Crippen molar-refractivity contribution in [3.8, 4) is 11.1 Å². The van der Waals surface area contributed by atoms with Gasteiger partial charge in [0.25, 0.3) is 0 Å². The van der Waals surface area contributed by atoms with E-state index in [4.69, 9.17) is 11.6 Å². The van der Waals surface area contributed by atoms with Crippen LogP contribution in [-0.2, 0) is 0 Å². The molecule has 1 heterocycles. The first kappa shape index (κ1) is 8.26. The van der Waals surface area contributed by atoms with Crippen LogP contribution in [0.25, 0.3) is 11.1 Å². The van der Waals surface area contributed by atoms with E-state index in [9.17, 15) is 4.39 Å². The molecule has 0 bridgehead atoms. The van der Waals surface area contributed by atoms with Crippen LogP contribution in [0, 0.1) is 5.82 Å². The number of hydrogen-bond donors (Lipinski definition) is 1. The topological polar surface area (TPSA) is 28.7 Å². The van der Waals surface area contributed by atoms with Crippen LogP contribution in [0.2, 0.25) is 5.02 Å². The fourth-order valence-electron chi connectivity index (χ4n) is 1.12. The second kappa shape index (κ2) is 3.18. The molecule has 2 rings (SSSR count). The van der Waals surface area contributed by atoms with Crippen LogP contribution in [0.4, 0.5) is 4.39 Å². The van der Waals surface area contributed by atoms with Crippen molar-refractivity contribution in [2.24, 2.45) is 0 Å². The smallest absolute Gasteiger partial charge is 0.149 e. The minimum absolute atomic E-state index is 0.124. The van der Waals surface area contributed by atoms with Crippen molar-refractivity contribution in [1.29, 1.82) is 0 Å². The first-order valence-corrected chi connectivity index (χ1v) is 4.10. The standard InChI is InChI=1S/C9H6ClFN2/c10-8-3-1-2-7(9(8)11)6-4-12-13-5-6/h1-5H,(H,12,13). The number of aromatic nitrogens is 2. The number of rotatable bonds is 1. The van der Waals surface area contributed by atoms with Gasteiger partial charge in [-0.3, -0.25) is 5.10 Å². The number of hydrogen-bond acceptors (Lipinski definition) is 1. The van der Waals surface area contributed by atoms with Crippen molar-refractivity contribution in [1.82, 2.24) is 10.2 Å². The van der Waals surface area contributed by atoms with Crippen LogP contribution in [0.5, 0.6) is 0 Å². The first-order chi connectivity index (χ1) is 6.29. The van der Waals surface area contributed by atoms with Gasteiger partial charge in [-0.2, -0.15) is 5.10 Å². The maximum atomic E-state index is 13.4. The van der Waals surface area contributed by atoms with Crippen molar-refractivity contribution in [2.75, 3.05) is 0 Å². The number of benzene rings is 1. The second-order valence-corrected chi connectivity index (χ2v) is 3.00. The van der Waals surface area contributed by atoms with Gasteiger partial charge in [0.15, 0.2) is 0 Å². The largest absolute Gasteiger partial charge is 0.285 e. The van der Waals surface area contributed by atoms with Gasteiger partial charge in [-0.1, -0.05) is 23.7 Å². The average molecular weight is 197 g/mol. The lowest BCUT2D eigenvalue weighted by Crippen LogP contribution is -1.82. The molecule has 2 aromatic rings. The van der Waals surface area contributed by atoms with Crippen LogP contribution in [-0.4, -0.2) is 10.2 Å². The summed E-state index contributed by atoms with van der Waals surface area (Å²) in [6.07, 6.45) is 3.17. The molecule has 0 saturated carbocycles. The third-order valence-electron chi connectivity index (χ3n) is 1.76. The summed E-state index contributed by atoms with van der Waals surface area (Å²) in [5, 5.41) is 6.47. The van der Waals surface area contributed by atoms with Gasteiger partial charge in [0.2, 0.25) is 0 Å². The Balaban J connectivity index is 2.59. The van der Waals surface area contributed by atoms with Crippen LogP contribution in [0.3, 0.4) is 0 Å². The maximum Gasteiger partial charge on any atom is 0.149 e. The van der Waals surface area contributed by atoms with Crippen molar-refractivity contribution < 1.29 is 4.39 Å². The molecule has 1 aromatic heterocycles. The molecule has 0 unspecified atom stereocenters. The molecule has 0 saturated heterocycles. The monoisotopic (exact) mass is 196 g/mol. The van der Waals surface area contributed by atoms with E-state index in [1.165, 1.54) is 6.07 Å². The SMILES string of the molecule is Fc1c(Cl)cccc1-c1cn[nH]c1. The molecule has 66 valence electrons. The van der Waals surface area contributed by atoms with E-state index < -0.39 is 5.82 Å². The molecule has 1 aromatic carbocycles. The Morgan fingerprint density at radius 1 is 1.38 bits per heavy atom. The van der Waals surface area contributed by atoms with Crippen LogP contribution >= 0.6 is 11.6 Å². The Hall–Kier alpha value is -1.35. The van der Waals surface area contributed by atoms with Crippen molar-refractivity contribution >= 4 is 11.6 Å². The molecule has 0 aliphatic carbocycles. The minimum Gasteiger partial charge on any atom is -0.285 e. The lowest BCUT2D eigenvalue weighted by atomic mass is 10.1. The summed E-state index contributed by atoms with van der Waals surface area (Å²) in [5.74, 6) is -0.412. The highest BCUT2D eigenvalue weighted by Gasteiger charge is 2.08. The Morgan fingerprint density at radius 3 is 2.92 bits per heavy atom. The van der Waals surface area contributed by atoms with E-state index in [1.807, 2.05) is 0 Å². The molecule has 0 fully saturated rings. The fraction of sp³-hybridized carbons (Fsp3) is 0. The first-order valence-electron chi connectivity index (χ1n) is 3.72. The summed E-state index contributed by atoms with van der Waals surface area (Å²) in [6, 6.07) is 4.88. The third-order valence-corrected chi connectivity index (χ3v) is 2.05. The van der Waals surface area contributed by atoms with E-state index in [2.05, 4.69) is 10.2 Å². The van der Waals surface area contributed by atoms with Crippen LogP contribution in [0.15, 0.2) is 30.6 Å². The summed E-state index contributed by atoms with van der Waals surface area (Å²) in [4.78, 5) is 0. The van der Waals surface area contributed by atoms with E-state index >= 15 is 0 Å². The zero-order valence-corrected chi connectivity index (χ0v) is 7.35. The molecule has 13 heavy (non-hydrogen) atoms. The highest BCUT2D eigenvalue weighted by atomic mass is 35.5. The molecule has 2 nitrogen and oxygen atoms in total. The Kier molecular flexibility index (Phi) is 2.02. The molecule has 4 heteroatoms. The van der Waals surface area contributed by atoms with Gasteiger partial charge in [0.05, 0.1) is 11.2 Å². The molecule has 0 spiro atoms. The summed E-state index contributed by atoms with van der Waals surface area (Å²) >= 11 is 5.63. The van der Waals surface area contributed by atoms with Gasteiger partial charge in [-0.25, -0.2) is 4.39 Å². The summed E-state index contributed by atoms with van der Waals surface area (Å²) in [5.41, 5.74) is 1.15. The van der Waals surface area contributed by atoms with E-state index in [0.29, 0.717) is 11.1 Å². The van der Waals surface area contributed by atoms with Crippen molar-refractivity contribution in [3.05, 3.63) is 41.4 Å². The van der Waals surface area contributed by atoms with Gasteiger partial charge in [-0.05, 0) is 6.07 Å². The summed E-state index contributed by atoms with van der Waals surface area (Å²) < 4.78 is 13.4. The van der Waals surface area contributed by atoms with E-state index in [-0.39, 0.29) is 5.02 Å². The molecule has 0 radical (unpaired) electrons. The normalized spacial score (nSPS) is 10.3. The van der Waals surface area contributed by atoms with Gasteiger partial charge >= 0.3 is 0 Å². The van der Waals surface area contributed by atoms with E-state index in [0.717, 1.165) is 0 Å². The fourth-order valence-corrected chi connectivity index (χ4v) is 1.30.